The van der Waals surface area contributed by atoms with Gasteiger partial charge in [0.25, 0.3) is 0 Å². The molecule has 0 amide bonds. The Bertz CT molecular complexity index is 303. The Labute approximate surface area is 69.9 Å². The summed E-state index contributed by atoms with van der Waals surface area (Å²) in [7, 11) is 0. The number of halogens is 1. The minimum absolute atomic E-state index is 0.0801. The Balaban J connectivity index is 3.15. The summed E-state index contributed by atoms with van der Waals surface area (Å²) in [6.07, 6.45) is 0. The van der Waals surface area contributed by atoms with Crippen molar-refractivity contribution in [1.82, 2.24) is 0 Å². The normalized spacial score (nSPS) is 9.18. The van der Waals surface area contributed by atoms with E-state index >= 15 is 0 Å². The molecule has 11 heavy (non-hydrogen) atoms. The summed E-state index contributed by atoms with van der Waals surface area (Å²) in [4.78, 5) is 0. The van der Waals surface area contributed by atoms with Gasteiger partial charge in [-0.15, -0.1) is 0 Å². The van der Waals surface area contributed by atoms with Crippen LogP contribution in [0, 0.1) is 17.1 Å². The summed E-state index contributed by atoms with van der Waals surface area (Å²) in [6, 6.07) is 6.16. The molecule has 0 radical (unpaired) electrons. The van der Waals surface area contributed by atoms with Crippen LogP contribution in [0.15, 0.2) is 18.2 Å². The van der Waals surface area contributed by atoms with Gasteiger partial charge in [0.05, 0.1) is 5.56 Å². The molecule has 56 valence electrons. The van der Waals surface area contributed by atoms with Gasteiger partial charge in [0.15, 0.2) is 0 Å². The first kappa shape index (κ1) is 8.09. The van der Waals surface area contributed by atoms with Gasteiger partial charge in [-0.3, -0.25) is 0 Å². The Kier molecular flexibility index (Phi) is 2.50. The molecular formula is C8H6FNS. The standard InChI is InChI=1S/C8H6FNS/c9-8-2-1-6(5-11)3-7(8)4-10/h1-3,11H,5H2. The molecule has 0 atom stereocenters. The summed E-state index contributed by atoms with van der Waals surface area (Å²) in [5.41, 5.74) is 0.933. The van der Waals surface area contributed by atoms with Gasteiger partial charge < -0.3 is 0 Å². The lowest BCUT2D eigenvalue weighted by Crippen LogP contribution is -1.85. The second-order valence-electron chi connectivity index (χ2n) is 2.08. The second kappa shape index (κ2) is 3.40. The zero-order chi connectivity index (χ0) is 8.27. The number of nitrogens with zero attached hydrogens (tertiary/aromatic N) is 1. The first-order valence-electron chi connectivity index (χ1n) is 3.07. The molecule has 0 aliphatic carbocycles. The summed E-state index contributed by atoms with van der Waals surface area (Å²) in [6.45, 7) is 0. The maximum atomic E-state index is 12.7. The highest BCUT2D eigenvalue weighted by Crippen LogP contribution is 2.10. The van der Waals surface area contributed by atoms with Gasteiger partial charge in [-0.2, -0.15) is 17.9 Å². The van der Waals surface area contributed by atoms with E-state index in [9.17, 15) is 4.39 Å². The van der Waals surface area contributed by atoms with Crippen LogP contribution in [0.2, 0.25) is 0 Å². The number of hydrogen-bond acceptors (Lipinski definition) is 2. The molecule has 1 aromatic rings. The van der Waals surface area contributed by atoms with E-state index in [4.69, 9.17) is 5.26 Å². The third kappa shape index (κ3) is 1.72. The van der Waals surface area contributed by atoms with Gasteiger partial charge in [0.1, 0.15) is 11.9 Å². The van der Waals surface area contributed by atoms with Crippen molar-refractivity contribution < 1.29 is 4.39 Å². The molecule has 0 spiro atoms. The van der Waals surface area contributed by atoms with Crippen LogP contribution in [0.25, 0.3) is 0 Å². The monoisotopic (exact) mass is 167 g/mol. The molecule has 0 aliphatic heterocycles. The highest BCUT2D eigenvalue weighted by atomic mass is 32.1. The molecule has 0 fully saturated rings. The molecule has 0 unspecified atom stereocenters. The van der Waals surface area contributed by atoms with Crippen molar-refractivity contribution in [2.75, 3.05) is 0 Å². The van der Waals surface area contributed by atoms with Crippen molar-refractivity contribution in [2.24, 2.45) is 0 Å². The molecule has 1 rings (SSSR count). The van der Waals surface area contributed by atoms with E-state index in [-0.39, 0.29) is 5.56 Å². The minimum Gasteiger partial charge on any atom is -0.206 e. The average molecular weight is 167 g/mol. The second-order valence-corrected chi connectivity index (χ2v) is 2.40. The van der Waals surface area contributed by atoms with E-state index < -0.39 is 5.82 Å². The van der Waals surface area contributed by atoms with Gasteiger partial charge in [-0.25, -0.2) is 4.39 Å². The molecule has 0 aliphatic rings. The molecule has 0 saturated carbocycles. The fourth-order valence-electron chi connectivity index (χ4n) is 0.756. The fraction of sp³-hybridized carbons (Fsp3) is 0.125. The molecule has 0 bridgehead atoms. The smallest absolute Gasteiger partial charge is 0.140 e. The summed E-state index contributed by atoms with van der Waals surface area (Å²) < 4.78 is 12.7. The van der Waals surface area contributed by atoms with Crippen molar-refractivity contribution in [3.05, 3.63) is 35.1 Å². The van der Waals surface area contributed by atoms with Crippen LogP contribution in [0.5, 0.6) is 0 Å². The van der Waals surface area contributed by atoms with E-state index in [1.165, 1.54) is 12.1 Å². The SMILES string of the molecule is N#Cc1cc(CS)ccc1F. The predicted octanol–water partition coefficient (Wildman–Crippen LogP) is 2.13. The van der Waals surface area contributed by atoms with Gasteiger partial charge >= 0.3 is 0 Å². The van der Waals surface area contributed by atoms with Crippen LogP contribution in [-0.2, 0) is 5.75 Å². The van der Waals surface area contributed by atoms with Crippen LogP contribution in [0.1, 0.15) is 11.1 Å². The van der Waals surface area contributed by atoms with E-state index in [0.717, 1.165) is 5.56 Å². The molecule has 0 saturated heterocycles. The maximum Gasteiger partial charge on any atom is 0.140 e. The first-order chi connectivity index (χ1) is 5.27. The fourth-order valence-corrected chi connectivity index (χ4v) is 0.953. The van der Waals surface area contributed by atoms with Crippen molar-refractivity contribution in [1.29, 1.82) is 5.26 Å². The Morgan fingerprint density at radius 3 is 2.82 bits per heavy atom. The predicted molar refractivity (Wildman–Crippen MR) is 43.8 cm³/mol. The largest absolute Gasteiger partial charge is 0.206 e. The van der Waals surface area contributed by atoms with Crippen LogP contribution in [0.4, 0.5) is 4.39 Å². The zero-order valence-electron chi connectivity index (χ0n) is 5.71. The van der Waals surface area contributed by atoms with Crippen LogP contribution in [-0.4, -0.2) is 0 Å². The van der Waals surface area contributed by atoms with E-state index in [2.05, 4.69) is 12.6 Å². The molecule has 0 N–H and O–H groups in total. The first-order valence-corrected chi connectivity index (χ1v) is 3.70. The lowest BCUT2D eigenvalue weighted by Gasteiger charge is -1.96. The highest BCUT2D eigenvalue weighted by Gasteiger charge is 2.00. The van der Waals surface area contributed by atoms with Gasteiger partial charge in [-0.05, 0) is 17.7 Å². The van der Waals surface area contributed by atoms with E-state index in [1.54, 1.807) is 12.1 Å². The Morgan fingerprint density at radius 2 is 2.27 bits per heavy atom. The molecule has 0 heterocycles. The van der Waals surface area contributed by atoms with Crippen molar-refractivity contribution in [3.8, 4) is 6.07 Å². The number of thiol groups is 1. The zero-order valence-corrected chi connectivity index (χ0v) is 6.61. The molecule has 1 nitrogen and oxygen atoms in total. The number of benzene rings is 1. The molecule has 1 aromatic carbocycles. The van der Waals surface area contributed by atoms with Crippen LogP contribution >= 0.6 is 12.6 Å². The lowest BCUT2D eigenvalue weighted by molar-refractivity contribution is 0.623. The van der Waals surface area contributed by atoms with Crippen LogP contribution in [0.3, 0.4) is 0 Å². The Morgan fingerprint density at radius 1 is 1.55 bits per heavy atom. The molecular weight excluding hydrogens is 161 g/mol. The van der Waals surface area contributed by atoms with Gasteiger partial charge in [0.2, 0.25) is 0 Å². The van der Waals surface area contributed by atoms with Crippen molar-refractivity contribution in [3.63, 3.8) is 0 Å². The van der Waals surface area contributed by atoms with Crippen LogP contribution < -0.4 is 0 Å². The minimum atomic E-state index is -0.474. The highest BCUT2D eigenvalue weighted by molar-refractivity contribution is 7.79. The van der Waals surface area contributed by atoms with Gasteiger partial charge in [-0.1, -0.05) is 6.07 Å². The van der Waals surface area contributed by atoms with Gasteiger partial charge in [0, 0.05) is 5.75 Å². The number of rotatable bonds is 1. The third-order valence-corrected chi connectivity index (χ3v) is 1.70. The quantitative estimate of drug-likeness (QED) is 0.636. The lowest BCUT2D eigenvalue weighted by atomic mass is 10.1. The Hall–Kier alpha value is -1.01. The number of nitriles is 1. The maximum absolute atomic E-state index is 12.7. The number of hydrogen-bond donors (Lipinski definition) is 1. The summed E-state index contributed by atoms with van der Waals surface area (Å²) in [5.74, 6) is 0.0487. The summed E-state index contributed by atoms with van der Waals surface area (Å²) >= 11 is 4.00. The summed E-state index contributed by atoms with van der Waals surface area (Å²) in [5, 5.41) is 8.42. The topological polar surface area (TPSA) is 23.8 Å². The molecule has 0 aromatic heterocycles. The average Bonchev–Trinajstić information content (AvgIpc) is 2.05. The van der Waals surface area contributed by atoms with Crippen molar-refractivity contribution in [2.45, 2.75) is 5.75 Å². The van der Waals surface area contributed by atoms with Crippen molar-refractivity contribution >= 4 is 12.6 Å². The third-order valence-electron chi connectivity index (χ3n) is 1.33. The van der Waals surface area contributed by atoms with E-state index in [1.807, 2.05) is 0 Å². The van der Waals surface area contributed by atoms with E-state index in [0.29, 0.717) is 5.75 Å². The molecule has 3 heteroatoms.